The number of hydrogen-bond acceptors (Lipinski definition) is 2. The molecule has 0 saturated heterocycles. The molecule has 0 radical (unpaired) electrons. The van der Waals surface area contributed by atoms with Crippen LogP contribution >= 0.6 is 0 Å². The van der Waals surface area contributed by atoms with Gasteiger partial charge in [0.15, 0.2) is 0 Å². The van der Waals surface area contributed by atoms with Crippen LogP contribution in [-0.4, -0.2) is 16.1 Å². The first-order valence-corrected chi connectivity index (χ1v) is 9.82. The lowest BCUT2D eigenvalue weighted by atomic mass is 9.99. The summed E-state index contributed by atoms with van der Waals surface area (Å²) in [5.74, 6) is 1.87. The highest BCUT2D eigenvalue weighted by atomic mass is 15.2. The maximum Gasteiger partial charge on any atom is 0.138 e. The van der Waals surface area contributed by atoms with Crippen LogP contribution < -0.4 is 4.90 Å². The number of pyridine rings is 1. The summed E-state index contributed by atoms with van der Waals surface area (Å²) in [6.45, 7) is 12.2. The molecule has 0 spiro atoms. The fourth-order valence-electron chi connectivity index (χ4n) is 4.18. The van der Waals surface area contributed by atoms with Crippen molar-refractivity contribution in [3.8, 4) is 0 Å². The SMILES string of the molecule is Cc1c(C)n(CCC(C)C)c2ccnc(N3CCc4ccccc4C3)c12. The van der Waals surface area contributed by atoms with E-state index in [0.29, 0.717) is 5.92 Å². The van der Waals surface area contributed by atoms with Gasteiger partial charge < -0.3 is 9.47 Å². The van der Waals surface area contributed by atoms with Gasteiger partial charge in [0, 0.05) is 36.9 Å². The smallest absolute Gasteiger partial charge is 0.138 e. The molecule has 3 aromatic rings. The van der Waals surface area contributed by atoms with Crippen molar-refractivity contribution >= 4 is 16.7 Å². The molecule has 3 heteroatoms. The Morgan fingerprint density at radius 2 is 1.85 bits per heavy atom. The first-order valence-electron chi connectivity index (χ1n) is 9.82. The minimum absolute atomic E-state index is 0.715. The van der Waals surface area contributed by atoms with Gasteiger partial charge in [0.2, 0.25) is 0 Å². The lowest BCUT2D eigenvalue weighted by Crippen LogP contribution is -2.31. The van der Waals surface area contributed by atoms with Crippen LogP contribution in [0.4, 0.5) is 5.82 Å². The van der Waals surface area contributed by atoms with Crippen LogP contribution in [0.15, 0.2) is 36.5 Å². The van der Waals surface area contributed by atoms with Gasteiger partial charge >= 0.3 is 0 Å². The number of benzene rings is 1. The molecule has 3 nitrogen and oxygen atoms in total. The molecule has 2 aromatic heterocycles. The van der Waals surface area contributed by atoms with Gasteiger partial charge in [0.25, 0.3) is 0 Å². The Balaban J connectivity index is 1.76. The van der Waals surface area contributed by atoms with Gasteiger partial charge in [0.1, 0.15) is 5.82 Å². The molecular formula is C23H29N3. The van der Waals surface area contributed by atoms with Crippen LogP contribution in [-0.2, 0) is 19.5 Å². The van der Waals surface area contributed by atoms with Crippen LogP contribution in [0, 0.1) is 19.8 Å². The van der Waals surface area contributed by atoms with Crippen molar-refractivity contribution in [3.63, 3.8) is 0 Å². The maximum atomic E-state index is 4.83. The number of hydrogen-bond donors (Lipinski definition) is 0. The maximum absolute atomic E-state index is 4.83. The van der Waals surface area contributed by atoms with Crippen molar-refractivity contribution in [3.05, 3.63) is 58.9 Å². The lowest BCUT2D eigenvalue weighted by molar-refractivity contribution is 0.519. The van der Waals surface area contributed by atoms with Gasteiger partial charge in [0.05, 0.1) is 5.52 Å². The van der Waals surface area contributed by atoms with Gasteiger partial charge in [-0.1, -0.05) is 38.1 Å². The average Bonchev–Trinajstić information content (AvgIpc) is 2.90. The van der Waals surface area contributed by atoms with E-state index in [-0.39, 0.29) is 0 Å². The predicted octanol–water partition coefficient (Wildman–Crippen LogP) is 5.26. The molecule has 0 bridgehead atoms. The lowest BCUT2D eigenvalue weighted by Gasteiger charge is -2.30. The normalized spacial score (nSPS) is 14.3. The molecule has 0 unspecified atom stereocenters. The number of aromatic nitrogens is 2. The summed E-state index contributed by atoms with van der Waals surface area (Å²) in [4.78, 5) is 7.29. The predicted molar refractivity (Wildman–Crippen MR) is 110 cm³/mol. The van der Waals surface area contributed by atoms with E-state index in [0.717, 1.165) is 31.9 Å². The highest BCUT2D eigenvalue weighted by Gasteiger charge is 2.22. The molecule has 1 aliphatic rings. The summed E-state index contributed by atoms with van der Waals surface area (Å²) in [5, 5.41) is 1.34. The van der Waals surface area contributed by atoms with Crippen LogP contribution in [0.5, 0.6) is 0 Å². The van der Waals surface area contributed by atoms with E-state index >= 15 is 0 Å². The highest BCUT2D eigenvalue weighted by Crippen LogP contribution is 2.34. The van der Waals surface area contributed by atoms with Gasteiger partial charge in [-0.3, -0.25) is 0 Å². The Kier molecular flexibility index (Phi) is 4.47. The first kappa shape index (κ1) is 17.1. The van der Waals surface area contributed by atoms with Crippen molar-refractivity contribution in [1.29, 1.82) is 0 Å². The topological polar surface area (TPSA) is 21.1 Å². The fraction of sp³-hybridized carbons (Fsp3) is 0.435. The molecule has 1 aliphatic heterocycles. The summed E-state index contributed by atoms with van der Waals surface area (Å²) in [7, 11) is 0. The Morgan fingerprint density at radius 1 is 1.08 bits per heavy atom. The van der Waals surface area contributed by atoms with Gasteiger partial charge in [-0.05, 0) is 55.4 Å². The Hall–Kier alpha value is -2.29. The molecule has 1 aromatic carbocycles. The third-order valence-electron chi connectivity index (χ3n) is 5.88. The van der Waals surface area contributed by atoms with Gasteiger partial charge in [-0.25, -0.2) is 4.98 Å². The monoisotopic (exact) mass is 347 g/mol. The second kappa shape index (κ2) is 6.79. The highest BCUT2D eigenvalue weighted by molar-refractivity contribution is 5.94. The second-order valence-electron chi connectivity index (χ2n) is 8.01. The largest absolute Gasteiger partial charge is 0.351 e. The molecule has 0 aliphatic carbocycles. The molecule has 0 atom stereocenters. The zero-order valence-corrected chi connectivity index (χ0v) is 16.4. The van der Waals surface area contributed by atoms with Gasteiger partial charge in [-0.2, -0.15) is 0 Å². The third kappa shape index (κ3) is 2.90. The summed E-state index contributed by atoms with van der Waals surface area (Å²) >= 11 is 0. The molecule has 0 amide bonds. The van der Waals surface area contributed by atoms with E-state index in [9.17, 15) is 0 Å². The summed E-state index contributed by atoms with van der Waals surface area (Å²) < 4.78 is 2.49. The van der Waals surface area contributed by atoms with Crippen molar-refractivity contribution in [2.45, 2.75) is 53.6 Å². The molecule has 0 saturated carbocycles. The molecular weight excluding hydrogens is 318 g/mol. The Morgan fingerprint density at radius 3 is 2.62 bits per heavy atom. The number of fused-ring (bicyclic) bond motifs is 2. The molecule has 0 fully saturated rings. The van der Waals surface area contributed by atoms with E-state index in [4.69, 9.17) is 4.98 Å². The summed E-state index contributed by atoms with van der Waals surface area (Å²) in [6, 6.07) is 11.0. The minimum atomic E-state index is 0.715. The molecule has 0 N–H and O–H groups in total. The number of aryl methyl sites for hydroxylation is 2. The van der Waals surface area contributed by atoms with Gasteiger partial charge in [-0.15, -0.1) is 0 Å². The van der Waals surface area contributed by atoms with Crippen molar-refractivity contribution in [2.75, 3.05) is 11.4 Å². The quantitative estimate of drug-likeness (QED) is 0.642. The van der Waals surface area contributed by atoms with Crippen molar-refractivity contribution in [2.24, 2.45) is 5.92 Å². The zero-order chi connectivity index (χ0) is 18.3. The number of nitrogens with zero attached hydrogens (tertiary/aromatic N) is 3. The number of rotatable bonds is 4. The van der Waals surface area contributed by atoms with Crippen molar-refractivity contribution in [1.82, 2.24) is 9.55 Å². The molecule has 4 rings (SSSR count). The third-order valence-corrected chi connectivity index (χ3v) is 5.88. The van der Waals surface area contributed by atoms with E-state index in [1.165, 1.54) is 39.7 Å². The van der Waals surface area contributed by atoms with E-state index < -0.39 is 0 Å². The standard InChI is InChI=1S/C23H29N3/c1-16(2)10-14-26-18(4)17(3)22-21(26)9-12-24-23(22)25-13-11-19-7-5-6-8-20(19)15-25/h5-9,12,16H,10-11,13-15H2,1-4H3. The molecule has 3 heterocycles. The number of anilines is 1. The first-order chi connectivity index (χ1) is 12.6. The average molecular weight is 348 g/mol. The van der Waals surface area contributed by atoms with Crippen LogP contribution in [0.1, 0.15) is 42.7 Å². The van der Waals surface area contributed by atoms with Crippen LogP contribution in [0.3, 0.4) is 0 Å². The van der Waals surface area contributed by atoms with E-state index in [1.54, 1.807) is 0 Å². The fourth-order valence-corrected chi connectivity index (χ4v) is 4.18. The summed E-state index contributed by atoms with van der Waals surface area (Å²) in [6.07, 6.45) is 4.29. The zero-order valence-electron chi connectivity index (χ0n) is 16.4. The summed E-state index contributed by atoms with van der Waals surface area (Å²) in [5.41, 5.74) is 7.02. The molecule has 26 heavy (non-hydrogen) atoms. The Labute approximate surface area is 156 Å². The molecule has 136 valence electrons. The second-order valence-corrected chi connectivity index (χ2v) is 8.01. The van der Waals surface area contributed by atoms with Crippen LogP contribution in [0.2, 0.25) is 0 Å². The van der Waals surface area contributed by atoms with E-state index in [2.05, 4.69) is 67.5 Å². The van der Waals surface area contributed by atoms with E-state index in [1.807, 2.05) is 6.20 Å². The van der Waals surface area contributed by atoms with Crippen molar-refractivity contribution < 1.29 is 0 Å². The van der Waals surface area contributed by atoms with Crippen LogP contribution in [0.25, 0.3) is 10.9 Å². The minimum Gasteiger partial charge on any atom is -0.351 e. The Bertz CT molecular complexity index is 936.